The maximum absolute atomic E-state index is 12.5. The van der Waals surface area contributed by atoms with Gasteiger partial charge in [0, 0.05) is 13.1 Å². The van der Waals surface area contributed by atoms with Crippen LogP contribution in [0.15, 0.2) is 48.5 Å². The number of amides is 4. The highest BCUT2D eigenvalue weighted by Crippen LogP contribution is 2.26. The van der Waals surface area contributed by atoms with E-state index in [1.807, 2.05) is 0 Å². The summed E-state index contributed by atoms with van der Waals surface area (Å²) < 4.78 is 33.5. The van der Waals surface area contributed by atoms with Gasteiger partial charge in [-0.3, -0.25) is 33.5 Å². The second kappa shape index (κ2) is 7.15. The van der Waals surface area contributed by atoms with Gasteiger partial charge in [-0.15, -0.1) is 0 Å². The van der Waals surface area contributed by atoms with Crippen LogP contribution in [0.2, 0.25) is 0 Å². The van der Waals surface area contributed by atoms with E-state index < -0.39 is 45.5 Å². The van der Waals surface area contributed by atoms with E-state index in [9.17, 15) is 32.1 Å². The molecule has 4 rings (SSSR count). The van der Waals surface area contributed by atoms with E-state index in [1.165, 1.54) is 24.3 Å². The van der Waals surface area contributed by atoms with Crippen molar-refractivity contribution in [3.63, 3.8) is 0 Å². The fourth-order valence-electron chi connectivity index (χ4n) is 3.66. The summed E-state index contributed by atoms with van der Waals surface area (Å²) in [6, 6.07) is 12.3. The zero-order valence-corrected chi connectivity index (χ0v) is 16.3. The third-order valence-electron chi connectivity index (χ3n) is 5.24. The number of benzene rings is 2. The highest BCUT2D eigenvalue weighted by atomic mass is 32.2. The van der Waals surface area contributed by atoms with Gasteiger partial charge < -0.3 is 0 Å². The minimum atomic E-state index is -4.68. The average molecular weight is 428 g/mol. The smallest absolute Gasteiger partial charge is 0.269 e. The van der Waals surface area contributed by atoms with Gasteiger partial charge in [0.2, 0.25) is 0 Å². The molecule has 0 saturated carbocycles. The molecule has 30 heavy (non-hydrogen) atoms. The van der Waals surface area contributed by atoms with Crippen LogP contribution in [-0.2, 0) is 10.1 Å². The van der Waals surface area contributed by atoms with Gasteiger partial charge in [0.1, 0.15) is 5.25 Å². The summed E-state index contributed by atoms with van der Waals surface area (Å²) in [5, 5.41) is -1.55. The Hall–Kier alpha value is -3.37. The molecule has 2 aromatic carbocycles. The lowest BCUT2D eigenvalue weighted by Gasteiger charge is -2.22. The molecule has 1 unspecified atom stereocenters. The first-order chi connectivity index (χ1) is 14.2. The van der Waals surface area contributed by atoms with E-state index in [0.717, 1.165) is 9.80 Å². The third kappa shape index (κ3) is 3.19. The van der Waals surface area contributed by atoms with Crippen LogP contribution in [0.25, 0.3) is 0 Å². The van der Waals surface area contributed by atoms with E-state index in [1.54, 1.807) is 24.3 Å². The van der Waals surface area contributed by atoms with Crippen LogP contribution in [0.5, 0.6) is 0 Å². The zero-order chi connectivity index (χ0) is 21.6. The first kappa shape index (κ1) is 19.9. The number of carbonyl (C=O) groups excluding carboxylic acids is 4. The van der Waals surface area contributed by atoms with Crippen LogP contribution in [0, 0.1) is 0 Å². The Morgan fingerprint density at radius 2 is 1.07 bits per heavy atom. The van der Waals surface area contributed by atoms with Gasteiger partial charge in [0.15, 0.2) is 0 Å². The Morgan fingerprint density at radius 1 is 0.700 bits per heavy atom. The van der Waals surface area contributed by atoms with Gasteiger partial charge in [-0.05, 0) is 30.7 Å². The molecule has 0 spiro atoms. The quantitative estimate of drug-likeness (QED) is 0.541. The summed E-state index contributed by atoms with van der Waals surface area (Å²) in [4.78, 5) is 51.5. The van der Waals surface area contributed by atoms with Crippen molar-refractivity contribution in [3.8, 4) is 0 Å². The second-order valence-electron chi connectivity index (χ2n) is 7.00. The number of fused-ring (bicyclic) bond motifs is 2. The molecule has 4 amide bonds. The Balaban J connectivity index is 1.52. The first-order valence-electron chi connectivity index (χ1n) is 9.07. The average Bonchev–Trinajstić information content (AvgIpc) is 3.10. The standard InChI is InChI=1S/C20H16N2O7S/c23-17-13-5-1-2-6-14(13)18(24)21(17)10-9-12(30(27,28)29)11-22-19(25)15-7-3-4-8-16(15)20(22)26/h1-8,12H,9-11H2,(H,27,28,29). The maximum atomic E-state index is 12.5. The molecule has 1 atom stereocenters. The van der Waals surface area contributed by atoms with E-state index >= 15 is 0 Å². The Labute approximate surface area is 171 Å². The van der Waals surface area contributed by atoms with Crippen LogP contribution >= 0.6 is 0 Å². The molecule has 2 aliphatic rings. The van der Waals surface area contributed by atoms with Gasteiger partial charge >= 0.3 is 0 Å². The predicted molar refractivity (Wildman–Crippen MR) is 104 cm³/mol. The molecular formula is C20H16N2O7S. The van der Waals surface area contributed by atoms with E-state index in [4.69, 9.17) is 0 Å². The minimum Gasteiger partial charge on any atom is -0.285 e. The third-order valence-corrected chi connectivity index (χ3v) is 6.47. The van der Waals surface area contributed by atoms with Crippen molar-refractivity contribution in [2.24, 2.45) is 0 Å². The normalized spacial score (nSPS) is 16.8. The van der Waals surface area contributed by atoms with Crippen molar-refractivity contribution >= 4 is 33.7 Å². The molecule has 2 heterocycles. The SMILES string of the molecule is O=C1c2ccccc2C(=O)N1CCC(CN1C(=O)c2ccccc2C1=O)S(=O)(=O)O. The summed E-state index contributed by atoms with van der Waals surface area (Å²) in [6.45, 7) is -0.881. The highest BCUT2D eigenvalue weighted by Gasteiger charge is 2.40. The van der Waals surface area contributed by atoms with Crippen molar-refractivity contribution in [1.29, 1.82) is 0 Å². The van der Waals surface area contributed by atoms with Crippen molar-refractivity contribution < 1.29 is 32.1 Å². The highest BCUT2D eigenvalue weighted by molar-refractivity contribution is 7.86. The summed E-state index contributed by atoms with van der Waals surface area (Å²) in [5.41, 5.74) is 0.728. The lowest BCUT2D eigenvalue weighted by molar-refractivity contribution is 0.0615. The Morgan fingerprint density at radius 3 is 1.43 bits per heavy atom. The Bertz CT molecular complexity index is 1140. The van der Waals surface area contributed by atoms with Crippen LogP contribution in [0.1, 0.15) is 47.9 Å². The number of carbonyl (C=O) groups is 4. The molecule has 10 heteroatoms. The van der Waals surface area contributed by atoms with E-state index in [0.29, 0.717) is 0 Å². The Kier molecular flexibility index (Phi) is 4.75. The van der Waals surface area contributed by atoms with E-state index in [2.05, 4.69) is 0 Å². The minimum absolute atomic E-state index is 0.150. The molecule has 0 aliphatic carbocycles. The molecule has 0 saturated heterocycles. The fourth-order valence-corrected chi connectivity index (χ4v) is 4.40. The van der Waals surface area contributed by atoms with Gasteiger partial charge in [-0.1, -0.05) is 24.3 Å². The number of hydrogen-bond donors (Lipinski definition) is 1. The monoisotopic (exact) mass is 428 g/mol. The van der Waals surface area contributed by atoms with Crippen LogP contribution in [-0.4, -0.2) is 64.7 Å². The number of hydrogen-bond acceptors (Lipinski definition) is 6. The fraction of sp³-hybridized carbons (Fsp3) is 0.200. The number of rotatable bonds is 6. The van der Waals surface area contributed by atoms with Gasteiger partial charge in [0.25, 0.3) is 33.7 Å². The van der Waals surface area contributed by atoms with Gasteiger partial charge in [0.05, 0.1) is 22.3 Å². The second-order valence-corrected chi connectivity index (χ2v) is 8.70. The zero-order valence-electron chi connectivity index (χ0n) is 15.5. The van der Waals surface area contributed by atoms with Crippen molar-refractivity contribution in [2.75, 3.05) is 13.1 Å². The number of imide groups is 2. The van der Waals surface area contributed by atoms with Crippen LogP contribution < -0.4 is 0 Å². The summed E-state index contributed by atoms with van der Waals surface area (Å²) in [7, 11) is -4.68. The lowest BCUT2D eigenvalue weighted by Crippen LogP contribution is -2.42. The molecule has 9 nitrogen and oxygen atoms in total. The van der Waals surface area contributed by atoms with Crippen molar-refractivity contribution in [3.05, 3.63) is 70.8 Å². The molecule has 2 aliphatic heterocycles. The molecule has 0 aromatic heterocycles. The molecule has 0 fully saturated rings. The van der Waals surface area contributed by atoms with Gasteiger partial charge in [-0.25, -0.2) is 0 Å². The molecule has 1 N–H and O–H groups in total. The van der Waals surface area contributed by atoms with Crippen molar-refractivity contribution in [1.82, 2.24) is 9.80 Å². The van der Waals surface area contributed by atoms with E-state index in [-0.39, 0.29) is 35.2 Å². The lowest BCUT2D eigenvalue weighted by atomic mass is 10.1. The maximum Gasteiger partial charge on any atom is 0.269 e. The van der Waals surface area contributed by atoms with Crippen LogP contribution in [0.4, 0.5) is 0 Å². The van der Waals surface area contributed by atoms with Gasteiger partial charge in [-0.2, -0.15) is 8.42 Å². The molecular weight excluding hydrogens is 412 g/mol. The molecule has 154 valence electrons. The number of nitrogens with zero attached hydrogens (tertiary/aromatic N) is 2. The molecule has 2 aromatic rings. The summed E-state index contributed by atoms with van der Waals surface area (Å²) >= 11 is 0. The first-order valence-corrected chi connectivity index (χ1v) is 10.6. The van der Waals surface area contributed by atoms with Crippen molar-refractivity contribution in [2.45, 2.75) is 11.7 Å². The largest absolute Gasteiger partial charge is 0.285 e. The molecule has 0 bridgehead atoms. The topological polar surface area (TPSA) is 129 Å². The summed E-state index contributed by atoms with van der Waals surface area (Å²) in [5.74, 6) is -2.45. The predicted octanol–water partition coefficient (Wildman–Crippen LogP) is 1.23. The molecule has 0 radical (unpaired) electrons. The van der Waals surface area contributed by atoms with Crippen LogP contribution in [0.3, 0.4) is 0 Å². The summed E-state index contributed by atoms with van der Waals surface area (Å²) in [6.07, 6.45) is -0.336.